The van der Waals surface area contributed by atoms with Gasteiger partial charge in [0.05, 0.1) is 5.52 Å². The van der Waals surface area contributed by atoms with Crippen LogP contribution >= 0.6 is 0 Å². The molecule has 0 aliphatic heterocycles. The van der Waals surface area contributed by atoms with Crippen molar-refractivity contribution in [2.45, 2.75) is 6.92 Å². The molecule has 1 aromatic heterocycles. The Hall–Kier alpha value is -1.91. The predicted octanol–water partition coefficient (Wildman–Crippen LogP) is 0.929. The maximum Gasteiger partial charge on any atom is 0.419 e. The van der Waals surface area contributed by atoms with Crippen LogP contribution in [0.3, 0.4) is 0 Å². The van der Waals surface area contributed by atoms with E-state index >= 15 is 0 Å². The van der Waals surface area contributed by atoms with Gasteiger partial charge in [-0.15, -0.1) is 0 Å². The van der Waals surface area contributed by atoms with E-state index in [1.54, 1.807) is 6.92 Å². The molecule has 0 atom stereocenters. The van der Waals surface area contributed by atoms with Crippen molar-refractivity contribution in [3.05, 3.63) is 44.5 Å². The monoisotopic (exact) mass is 195 g/mol. The van der Waals surface area contributed by atoms with Gasteiger partial charge in [0.15, 0.2) is 0 Å². The summed E-state index contributed by atoms with van der Waals surface area (Å²) in [7, 11) is 0. The van der Waals surface area contributed by atoms with E-state index in [9.17, 15) is 14.0 Å². The standard InChI is InChI=1S/C9H6FNO3/c1-4-2-5(10)7-6(3-4)11-9(13)14-8(7)12/h2-3H,1H3,(H,11,13). The zero-order valence-electron chi connectivity index (χ0n) is 7.26. The summed E-state index contributed by atoms with van der Waals surface area (Å²) >= 11 is 0. The fraction of sp³-hybridized carbons (Fsp3) is 0.111. The number of fused-ring (bicyclic) bond motifs is 1. The van der Waals surface area contributed by atoms with Crippen molar-refractivity contribution in [1.29, 1.82) is 0 Å². The van der Waals surface area contributed by atoms with Crippen LogP contribution in [0.5, 0.6) is 0 Å². The summed E-state index contributed by atoms with van der Waals surface area (Å²) in [5, 5.41) is -0.227. The topological polar surface area (TPSA) is 63.1 Å². The van der Waals surface area contributed by atoms with Gasteiger partial charge in [-0.05, 0) is 24.6 Å². The van der Waals surface area contributed by atoms with Crippen LogP contribution < -0.4 is 11.4 Å². The van der Waals surface area contributed by atoms with Crippen LogP contribution in [0.15, 0.2) is 26.1 Å². The fourth-order valence-corrected chi connectivity index (χ4v) is 1.32. The number of aromatic nitrogens is 1. The molecule has 2 rings (SSSR count). The highest BCUT2D eigenvalue weighted by Gasteiger charge is 2.08. The van der Waals surface area contributed by atoms with Gasteiger partial charge in [0.2, 0.25) is 0 Å². The Labute approximate surface area is 77.0 Å². The summed E-state index contributed by atoms with van der Waals surface area (Å²) in [6.45, 7) is 1.66. The summed E-state index contributed by atoms with van der Waals surface area (Å²) in [6.07, 6.45) is 0. The van der Waals surface area contributed by atoms with E-state index in [1.807, 2.05) is 0 Å². The number of hydrogen-bond acceptors (Lipinski definition) is 3. The van der Waals surface area contributed by atoms with Crippen LogP contribution in [0.1, 0.15) is 5.56 Å². The van der Waals surface area contributed by atoms with Gasteiger partial charge in [0.1, 0.15) is 11.2 Å². The van der Waals surface area contributed by atoms with Crippen molar-refractivity contribution in [1.82, 2.24) is 4.98 Å². The second kappa shape index (κ2) is 2.80. The van der Waals surface area contributed by atoms with E-state index in [0.717, 1.165) is 0 Å². The molecule has 5 heteroatoms. The second-order valence-corrected chi connectivity index (χ2v) is 2.97. The average Bonchev–Trinajstić information content (AvgIpc) is 1.99. The highest BCUT2D eigenvalue weighted by Crippen LogP contribution is 2.12. The lowest BCUT2D eigenvalue weighted by Crippen LogP contribution is -2.15. The molecular weight excluding hydrogens is 189 g/mol. The van der Waals surface area contributed by atoms with Crippen LogP contribution in [0, 0.1) is 12.7 Å². The van der Waals surface area contributed by atoms with Crippen LogP contribution in [-0.2, 0) is 0 Å². The summed E-state index contributed by atoms with van der Waals surface area (Å²) in [5.41, 5.74) is -0.179. The highest BCUT2D eigenvalue weighted by atomic mass is 19.1. The number of hydrogen-bond donors (Lipinski definition) is 1. The number of benzene rings is 1. The second-order valence-electron chi connectivity index (χ2n) is 2.97. The molecule has 14 heavy (non-hydrogen) atoms. The lowest BCUT2D eigenvalue weighted by atomic mass is 10.2. The van der Waals surface area contributed by atoms with Gasteiger partial charge < -0.3 is 4.42 Å². The quantitative estimate of drug-likeness (QED) is 0.680. The molecule has 4 nitrogen and oxygen atoms in total. The van der Waals surface area contributed by atoms with Gasteiger partial charge in [-0.3, -0.25) is 4.98 Å². The van der Waals surface area contributed by atoms with Crippen LogP contribution in [-0.4, -0.2) is 4.98 Å². The van der Waals surface area contributed by atoms with Crippen molar-refractivity contribution < 1.29 is 8.81 Å². The number of aryl methyl sites for hydroxylation is 1. The van der Waals surface area contributed by atoms with Gasteiger partial charge >= 0.3 is 11.4 Å². The third-order valence-electron chi connectivity index (χ3n) is 1.86. The first-order valence-electron chi connectivity index (χ1n) is 3.91. The molecule has 0 fully saturated rings. The first kappa shape index (κ1) is 8.68. The van der Waals surface area contributed by atoms with Crippen molar-refractivity contribution in [2.75, 3.05) is 0 Å². The maximum atomic E-state index is 13.3. The summed E-state index contributed by atoms with van der Waals surface area (Å²) in [5.74, 6) is -1.57. The third kappa shape index (κ3) is 1.22. The smallest absolute Gasteiger partial charge is 0.372 e. The van der Waals surface area contributed by atoms with Crippen LogP contribution in [0.4, 0.5) is 4.39 Å². The number of aromatic amines is 1. The Balaban J connectivity index is 3.10. The van der Waals surface area contributed by atoms with E-state index in [0.29, 0.717) is 5.56 Å². The van der Waals surface area contributed by atoms with Gasteiger partial charge in [0.25, 0.3) is 0 Å². The molecule has 0 amide bonds. The minimum Gasteiger partial charge on any atom is -0.372 e. The molecule has 1 aromatic carbocycles. The van der Waals surface area contributed by atoms with Gasteiger partial charge in [-0.2, -0.15) is 0 Å². The highest BCUT2D eigenvalue weighted by molar-refractivity contribution is 5.78. The van der Waals surface area contributed by atoms with Gasteiger partial charge in [-0.1, -0.05) is 0 Å². The first-order chi connectivity index (χ1) is 6.58. The molecule has 2 aromatic rings. The summed E-state index contributed by atoms with van der Waals surface area (Å²) in [6, 6.07) is 2.72. The molecule has 0 aliphatic carbocycles. The van der Waals surface area contributed by atoms with Gasteiger partial charge in [-0.25, -0.2) is 14.0 Å². The largest absolute Gasteiger partial charge is 0.419 e. The average molecular weight is 195 g/mol. The molecule has 0 saturated carbocycles. The molecule has 1 heterocycles. The Kier molecular flexibility index (Phi) is 1.73. The number of nitrogens with one attached hydrogen (secondary N) is 1. The Bertz CT molecular complexity index is 611. The van der Waals surface area contributed by atoms with Crippen molar-refractivity contribution in [2.24, 2.45) is 0 Å². The van der Waals surface area contributed by atoms with Crippen molar-refractivity contribution in [3.8, 4) is 0 Å². The van der Waals surface area contributed by atoms with Crippen LogP contribution in [0.2, 0.25) is 0 Å². The van der Waals surface area contributed by atoms with Crippen LogP contribution in [0.25, 0.3) is 10.9 Å². The predicted molar refractivity (Wildman–Crippen MR) is 47.8 cm³/mol. The van der Waals surface area contributed by atoms with Crippen molar-refractivity contribution in [3.63, 3.8) is 0 Å². The normalized spacial score (nSPS) is 10.7. The molecule has 0 aliphatic rings. The zero-order valence-corrected chi connectivity index (χ0v) is 7.26. The van der Waals surface area contributed by atoms with E-state index in [2.05, 4.69) is 9.40 Å². The van der Waals surface area contributed by atoms with Gasteiger partial charge in [0, 0.05) is 0 Å². The summed E-state index contributed by atoms with van der Waals surface area (Å²) in [4.78, 5) is 24.1. The molecule has 0 spiro atoms. The first-order valence-corrected chi connectivity index (χ1v) is 3.91. The molecule has 0 saturated heterocycles. The molecule has 72 valence electrons. The number of halogens is 1. The maximum absolute atomic E-state index is 13.3. The molecule has 0 unspecified atom stereocenters. The molecule has 0 bridgehead atoms. The number of H-pyrrole nitrogens is 1. The Morgan fingerprint density at radius 2 is 2.07 bits per heavy atom. The molecule has 0 radical (unpaired) electrons. The lowest BCUT2D eigenvalue weighted by Gasteiger charge is -1.98. The van der Waals surface area contributed by atoms with E-state index < -0.39 is 17.2 Å². The zero-order chi connectivity index (χ0) is 10.3. The number of rotatable bonds is 0. The SMILES string of the molecule is Cc1cc(F)c2c(=O)oc(=O)[nH]c2c1. The van der Waals surface area contributed by atoms with E-state index in [4.69, 9.17) is 0 Å². The summed E-state index contributed by atoms with van der Waals surface area (Å²) < 4.78 is 17.5. The lowest BCUT2D eigenvalue weighted by molar-refractivity contribution is 0.457. The molecular formula is C9H6FNO3. The molecule has 1 N–H and O–H groups in total. The van der Waals surface area contributed by atoms with E-state index in [-0.39, 0.29) is 10.9 Å². The minimum absolute atomic E-state index is 0.156. The third-order valence-corrected chi connectivity index (χ3v) is 1.86. The minimum atomic E-state index is -0.957. The fourth-order valence-electron chi connectivity index (χ4n) is 1.32. The Morgan fingerprint density at radius 3 is 2.79 bits per heavy atom. The Morgan fingerprint density at radius 1 is 1.36 bits per heavy atom. The van der Waals surface area contributed by atoms with Crippen molar-refractivity contribution >= 4 is 10.9 Å². The van der Waals surface area contributed by atoms with E-state index in [1.165, 1.54) is 12.1 Å².